The number of imidazole rings is 1. The summed E-state index contributed by atoms with van der Waals surface area (Å²) in [7, 11) is 1.38. The van der Waals surface area contributed by atoms with E-state index in [0.717, 1.165) is 25.7 Å². The van der Waals surface area contributed by atoms with Crippen LogP contribution in [-0.2, 0) is 19.1 Å². The van der Waals surface area contributed by atoms with E-state index in [2.05, 4.69) is 26.8 Å². The van der Waals surface area contributed by atoms with Crippen LogP contribution >= 0.6 is 0 Å². The summed E-state index contributed by atoms with van der Waals surface area (Å²) in [6, 6.07) is 0. The zero-order valence-electron chi connectivity index (χ0n) is 24.0. The van der Waals surface area contributed by atoms with Crippen molar-refractivity contribution in [3.8, 4) is 11.8 Å². The second-order valence-corrected chi connectivity index (χ2v) is 8.55. The first-order valence-corrected chi connectivity index (χ1v) is 11.1. The van der Waals surface area contributed by atoms with Gasteiger partial charge in [-0.25, -0.2) is 15.0 Å². The first-order chi connectivity index (χ1) is 18.7. The van der Waals surface area contributed by atoms with E-state index in [-0.39, 0.29) is 34.7 Å². The van der Waals surface area contributed by atoms with Crippen LogP contribution in [0.4, 0.5) is 5.82 Å². The van der Waals surface area contributed by atoms with Gasteiger partial charge in [0.15, 0.2) is 23.8 Å². The zero-order valence-corrected chi connectivity index (χ0v) is 19.0. The SMILES string of the molecule is [2H]C([2H])([2H])C([2H])([2H])NC(=O)[C@H]1O[C@@H](n2cnc3c(N)nc(C#CCC4CCC(C(=O)OC)CC4)nc32)[C@H](O)[C@@H]1O. The van der Waals surface area contributed by atoms with Crippen LogP contribution in [0.3, 0.4) is 0 Å². The summed E-state index contributed by atoms with van der Waals surface area (Å²) in [5, 5.41) is 22.8. The van der Waals surface area contributed by atoms with Gasteiger partial charge in [0.1, 0.15) is 17.7 Å². The number of esters is 1. The Morgan fingerprint density at radius 1 is 1.34 bits per heavy atom. The minimum Gasteiger partial charge on any atom is -0.469 e. The number of likely N-dealkylation sites (N-methyl/N-ethyl adjacent to an activating group) is 1. The number of anilines is 1. The van der Waals surface area contributed by atoms with Gasteiger partial charge in [-0.3, -0.25) is 14.2 Å². The number of ether oxygens (including phenoxy) is 2. The van der Waals surface area contributed by atoms with Gasteiger partial charge in [-0.15, -0.1) is 0 Å². The number of nitrogens with two attached hydrogens (primary N) is 1. The molecule has 2 aromatic heterocycles. The van der Waals surface area contributed by atoms with Gasteiger partial charge in [0, 0.05) is 19.8 Å². The van der Waals surface area contributed by atoms with Crippen molar-refractivity contribution in [2.24, 2.45) is 11.8 Å². The highest BCUT2D eigenvalue weighted by molar-refractivity contribution is 5.83. The molecule has 2 aromatic rings. The summed E-state index contributed by atoms with van der Waals surface area (Å²) >= 11 is 0. The van der Waals surface area contributed by atoms with Crippen molar-refractivity contribution in [2.45, 2.75) is 63.5 Å². The van der Waals surface area contributed by atoms with E-state index in [1.54, 1.807) is 5.32 Å². The molecule has 4 rings (SSSR count). The van der Waals surface area contributed by atoms with Crippen LogP contribution in [-0.4, -0.2) is 73.5 Å². The first kappa shape index (κ1) is 19.0. The maximum atomic E-state index is 12.6. The molecular weight excluding hydrogens is 456 g/mol. The molecule has 0 unspecified atom stereocenters. The summed E-state index contributed by atoms with van der Waals surface area (Å²) in [5.41, 5.74) is 6.30. The molecule has 4 atom stereocenters. The van der Waals surface area contributed by atoms with Gasteiger partial charge in [0.2, 0.25) is 5.82 Å². The summed E-state index contributed by atoms with van der Waals surface area (Å²) in [4.78, 5) is 36.9. The molecular formula is C23H30N6O6. The summed E-state index contributed by atoms with van der Waals surface area (Å²) in [5.74, 6) is 4.76. The molecule has 2 fully saturated rings. The van der Waals surface area contributed by atoms with E-state index in [4.69, 9.17) is 22.1 Å². The fourth-order valence-corrected chi connectivity index (χ4v) is 4.46. The standard InChI is InChI=1S/C23H30N6O6/c1-3-25-21(32)18-16(30)17(31)22(35-18)29-11-26-15-19(24)27-14(28-20(15)29)6-4-5-12-7-9-13(10-8-12)23(33)34-2/h11-13,16-18,22,30-31H,3,5,7-10H2,1-2H3,(H,25,32)(H2,24,27,28)/t12?,13?,16-,17+,18-,22+/m0/s1/i1D3,3D2. The molecule has 12 nitrogen and oxygen atoms in total. The second kappa shape index (κ2) is 10.6. The monoisotopic (exact) mass is 491 g/mol. The van der Waals surface area contributed by atoms with E-state index >= 15 is 0 Å². The van der Waals surface area contributed by atoms with Gasteiger partial charge in [0.25, 0.3) is 5.91 Å². The van der Waals surface area contributed by atoms with Crippen molar-refractivity contribution in [2.75, 3.05) is 19.3 Å². The molecule has 0 radical (unpaired) electrons. The molecule has 12 heteroatoms. The van der Waals surface area contributed by atoms with Crippen molar-refractivity contribution in [1.82, 2.24) is 24.8 Å². The van der Waals surface area contributed by atoms with Crippen LogP contribution in [0.25, 0.3) is 11.2 Å². The molecule has 1 amide bonds. The summed E-state index contributed by atoms with van der Waals surface area (Å²) in [6.45, 7) is -6.28. The fraction of sp³-hybridized carbons (Fsp3) is 0.609. The molecule has 0 bridgehead atoms. The molecule has 1 aliphatic heterocycles. The molecule has 1 saturated heterocycles. The number of aromatic nitrogens is 4. The topological polar surface area (TPSA) is 175 Å². The van der Waals surface area contributed by atoms with Crippen molar-refractivity contribution in [3.63, 3.8) is 0 Å². The smallest absolute Gasteiger partial charge is 0.308 e. The van der Waals surface area contributed by atoms with Crippen molar-refractivity contribution < 1.29 is 36.1 Å². The second-order valence-electron chi connectivity index (χ2n) is 8.55. The van der Waals surface area contributed by atoms with E-state index < -0.39 is 43.8 Å². The van der Waals surface area contributed by atoms with Crippen molar-refractivity contribution >= 4 is 28.9 Å². The third kappa shape index (κ3) is 5.07. The molecule has 1 saturated carbocycles. The predicted octanol–water partition coefficient (Wildman–Crippen LogP) is -0.115. The van der Waals surface area contributed by atoms with E-state index in [1.165, 1.54) is 18.0 Å². The molecule has 1 aliphatic carbocycles. The molecule has 2 aliphatic rings. The largest absolute Gasteiger partial charge is 0.469 e. The Morgan fingerprint density at radius 3 is 2.83 bits per heavy atom. The number of hydrogen-bond acceptors (Lipinski definition) is 10. The van der Waals surface area contributed by atoms with E-state index in [9.17, 15) is 19.8 Å². The quantitative estimate of drug-likeness (QED) is 0.326. The third-order valence-electron chi connectivity index (χ3n) is 6.38. The maximum Gasteiger partial charge on any atom is 0.308 e. The minimum atomic E-state index is -3.18. The van der Waals surface area contributed by atoms with Crippen LogP contribution in [0, 0.1) is 23.7 Å². The Hall–Kier alpha value is -3.27. The van der Waals surface area contributed by atoms with Gasteiger partial charge >= 0.3 is 5.97 Å². The maximum absolute atomic E-state index is 12.6. The molecule has 0 spiro atoms. The number of nitrogen functional groups attached to an aromatic ring is 1. The molecule has 5 N–H and O–H groups in total. The number of aliphatic hydroxyl groups excluding tert-OH is 2. The average Bonchev–Trinajstić information content (AvgIpc) is 3.44. The lowest BCUT2D eigenvalue weighted by Crippen LogP contribution is -2.42. The Labute approximate surface area is 209 Å². The minimum absolute atomic E-state index is 0.000150. The normalized spacial score (nSPS) is 31.2. The number of nitrogens with one attached hydrogen (secondary N) is 1. The molecule has 188 valence electrons. The number of amides is 1. The van der Waals surface area contributed by atoms with Crippen molar-refractivity contribution in [3.05, 3.63) is 12.2 Å². The highest BCUT2D eigenvalue weighted by Crippen LogP contribution is 2.33. The lowest BCUT2D eigenvalue weighted by molar-refractivity contribution is -0.146. The van der Waals surface area contributed by atoms with Crippen LogP contribution < -0.4 is 11.1 Å². The number of carbonyl (C=O) groups is 2. The van der Waals surface area contributed by atoms with Gasteiger partial charge in [0.05, 0.1) is 19.4 Å². The molecule has 3 heterocycles. The zero-order chi connectivity index (χ0) is 29.4. The van der Waals surface area contributed by atoms with Gasteiger partial charge < -0.3 is 30.7 Å². The molecule has 35 heavy (non-hydrogen) atoms. The van der Waals surface area contributed by atoms with Gasteiger partial charge in [-0.1, -0.05) is 5.92 Å². The lowest BCUT2D eigenvalue weighted by atomic mass is 9.81. The summed E-state index contributed by atoms with van der Waals surface area (Å²) < 4.78 is 48.4. The number of carbonyl (C=O) groups excluding carboxylic acids is 2. The van der Waals surface area contributed by atoms with Crippen molar-refractivity contribution in [1.29, 1.82) is 0 Å². The number of aliphatic hydroxyl groups is 2. The fourth-order valence-electron chi connectivity index (χ4n) is 4.46. The molecule has 0 aromatic carbocycles. The van der Waals surface area contributed by atoms with Crippen LogP contribution in [0.2, 0.25) is 0 Å². The number of nitrogens with zero attached hydrogens (tertiary/aromatic N) is 4. The van der Waals surface area contributed by atoms with Gasteiger partial charge in [-0.2, -0.15) is 0 Å². The average molecular weight is 492 g/mol. The first-order valence-electron chi connectivity index (χ1n) is 13.6. The number of fused-ring (bicyclic) bond motifs is 1. The van der Waals surface area contributed by atoms with Gasteiger partial charge in [-0.05, 0) is 44.4 Å². The van der Waals surface area contributed by atoms with E-state index in [0.29, 0.717) is 12.3 Å². The van der Waals surface area contributed by atoms with Crippen LogP contribution in [0.15, 0.2) is 6.33 Å². The lowest BCUT2D eigenvalue weighted by Gasteiger charge is -2.25. The highest BCUT2D eigenvalue weighted by atomic mass is 16.6. The Balaban J connectivity index is 1.49. The third-order valence-corrected chi connectivity index (χ3v) is 6.38. The number of methoxy groups -OCH3 is 1. The summed E-state index contributed by atoms with van der Waals surface area (Å²) in [6.07, 6.45) is -1.75. The predicted molar refractivity (Wildman–Crippen MR) is 123 cm³/mol. The Kier molecular flexibility index (Phi) is 5.72. The number of rotatable bonds is 5. The van der Waals surface area contributed by atoms with Crippen LogP contribution in [0.1, 0.15) is 57.9 Å². The van der Waals surface area contributed by atoms with E-state index in [1.807, 2.05) is 0 Å². The highest BCUT2D eigenvalue weighted by Gasteiger charge is 2.47. The Morgan fingerprint density at radius 2 is 2.11 bits per heavy atom. The van der Waals surface area contributed by atoms with Crippen LogP contribution in [0.5, 0.6) is 0 Å². The Bertz CT molecular complexity index is 1330. The number of hydrogen-bond donors (Lipinski definition) is 4.